The summed E-state index contributed by atoms with van der Waals surface area (Å²) in [6.45, 7) is 3.64. The Bertz CT molecular complexity index is 922. The number of hydrogen-bond donors (Lipinski definition) is 4. The van der Waals surface area contributed by atoms with E-state index in [2.05, 4.69) is 6.92 Å². The normalized spacial score (nSPS) is 14.8. The minimum absolute atomic E-state index is 0.0283. The number of esters is 2. The molecule has 0 fully saturated rings. The van der Waals surface area contributed by atoms with Crippen LogP contribution < -0.4 is 0 Å². The first-order valence-electron chi connectivity index (χ1n) is 19.2. The molecule has 282 valence electrons. The van der Waals surface area contributed by atoms with Crippen LogP contribution in [0.25, 0.3) is 0 Å². The van der Waals surface area contributed by atoms with Gasteiger partial charge in [0.25, 0.3) is 0 Å². The third-order valence-electron chi connectivity index (χ3n) is 8.17. The Balaban J connectivity index is 3.92. The first kappa shape index (κ1) is 46.5. The van der Waals surface area contributed by atoms with Crippen molar-refractivity contribution in [2.45, 2.75) is 173 Å². The minimum atomic E-state index is -1.08. The summed E-state index contributed by atoms with van der Waals surface area (Å²) >= 11 is 0. The highest BCUT2D eigenvalue weighted by Gasteiger charge is 2.17. The smallest absolute Gasteiger partial charge is 0.306 e. The Hall–Kier alpha value is -2.52. The van der Waals surface area contributed by atoms with Gasteiger partial charge in [-0.25, -0.2) is 0 Å². The van der Waals surface area contributed by atoms with Gasteiger partial charge in [-0.3, -0.25) is 9.59 Å². The molecule has 0 aromatic heterocycles. The molecule has 0 unspecified atom stereocenters. The standard InChI is InChI=1S/C41H70O8/c1-3-5-7-8-9-10-11-12-13-14-15-16-17-22-26-32-41(47)49-37(34-42)35-48-40(46)33-27-31-39(45)38(44)30-25-21-19-18-20-24-29-36(43)28-23-6-4-2/h6,18-21,23-25,29-30,36-39,42-45H,3-5,7-17,22,26-28,31-35H2,1-2H3/b20-18+,21-19-,23-6-,29-24+,30-25-/t36-,37+,38+,39+/m1/s1. The van der Waals surface area contributed by atoms with Gasteiger partial charge in [-0.15, -0.1) is 0 Å². The van der Waals surface area contributed by atoms with Crippen molar-refractivity contribution in [3.63, 3.8) is 0 Å². The highest BCUT2D eigenvalue weighted by atomic mass is 16.6. The van der Waals surface area contributed by atoms with E-state index in [0.717, 1.165) is 25.7 Å². The molecule has 0 bridgehead atoms. The highest BCUT2D eigenvalue weighted by molar-refractivity contribution is 5.70. The van der Waals surface area contributed by atoms with Gasteiger partial charge in [0.15, 0.2) is 6.10 Å². The molecule has 0 aromatic rings. The van der Waals surface area contributed by atoms with Crippen molar-refractivity contribution in [3.8, 4) is 0 Å². The van der Waals surface area contributed by atoms with Crippen molar-refractivity contribution >= 4 is 11.9 Å². The SMILES string of the molecule is CC/C=C\C[C@@H](O)/C=C/C=C/C=C\C=C/[C@H](O)[C@@H](O)CCCC(=O)OC[C@H](CO)OC(=O)CCCCCCCCCCCCCCCCC. The predicted octanol–water partition coefficient (Wildman–Crippen LogP) is 8.53. The molecular weight excluding hydrogens is 620 g/mol. The Kier molecular flexibility index (Phi) is 33.5. The number of carbonyl (C=O) groups excluding carboxylic acids is 2. The summed E-state index contributed by atoms with van der Waals surface area (Å²) in [5.74, 6) is -0.925. The summed E-state index contributed by atoms with van der Waals surface area (Å²) in [6, 6.07) is 0. The molecule has 4 N–H and O–H groups in total. The first-order chi connectivity index (χ1) is 23.8. The van der Waals surface area contributed by atoms with Crippen LogP contribution >= 0.6 is 0 Å². The molecule has 0 aliphatic heterocycles. The van der Waals surface area contributed by atoms with E-state index in [-0.39, 0.29) is 25.9 Å². The summed E-state index contributed by atoms with van der Waals surface area (Å²) in [5.41, 5.74) is 0. The second kappa shape index (κ2) is 35.3. The number of carbonyl (C=O) groups is 2. The maximum absolute atomic E-state index is 12.2. The fraction of sp³-hybridized carbons (Fsp3) is 0.707. The Morgan fingerprint density at radius 2 is 1.12 bits per heavy atom. The van der Waals surface area contributed by atoms with Gasteiger partial charge in [0.05, 0.1) is 24.9 Å². The van der Waals surface area contributed by atoms with Crippen LogP contribution in [0.2, 0.25) is 0 Å². The van der Waals surface area contributed by atoms with Crippen LogP contribution in [0.15, 0.2) is 60.8 Å². The van der Waals surface area contributed by atoms with Gasteiger partial charge in [-0.05, 0) is 32.1 Å². The van der Waals surface area contributed by atoms with Crippen molar-refractivity contribution in [2.24, 2.45) is 0 Å². The average molecular weight is 691 g/mol. The molecular formula is C41H70O8. The number of unbranched alkanes of at least 4 members (excludes halogenated alkanes) is 14. The van der Waals surface area contributed by atoms with Crippen LogP contribution in [0.1, 0.15) is 149 Å². The first-order valence-corrected chi connectivity index (χ1v) is 19.2. The van der Waals surface area contributed by atoms with E-state index < -0.39 is 43.0 Å². The van der Waals surface area contributed by atoms with E-state index >= 15 is 0 Å². The molecule has 0 radical (unpaired) electrons. The van der Waals surface area contributed by atoms with Gasteiger partial charge in [0, 0.05) is 12.8 Å². The molecule has 8 heteroatoms. The Labute approximate surface area is 298 Å². The van der Waals surface area contributed by atoms with Crippen molar-refractivity contribution in [2.75, 3.05) is 13.2 Å². The van der Waals surface area contributed by atoms with Gasteiger partial charge in [0.1, 0.15) is 6.61 Å². The molecule has 0 amide bonds. The van der Waals surface area contributed by atoms with E-state index in [1.807, 2.05) is 19.1 Å². The highest BCUT2D eigenvalue weighted by Crippen LogP contribution is 2.14. The monoisotopic (exact) mass is 691 g/mol. The summed E-state index contributed by atoms with van der Waals surface area (Å²) in [6.07, 6.45) is 35.1. The van der Waals surface area contributed by atoms with Crippen molar-refractivity contribution in [3.05, 3.63) is 60.8 Å². The molecule has 0 heterocycles. The van der Waals surface area contributed by atoms with Crippen LogP contribution in [-0.4, -0.2) is 70.0 Å². The van der Waals surface area contributed by atoms with Crippen LogP contribution in [0.5, 0.6) is 0 Å². The number of hydrogen-bond acceptors (Lipinski definition) is 8. The lowest BCUT2D eigenvalue weighted by atomic mass is 10.0. The number of ether oxygens (including phenoxy) is 2. The maximum Gasteiger partial charge on any atom is 0.306 e. The van der Waals surface area contributed by atoms with Crippen LogP contribution in [0.3, 0.4) is 0 Å². The quantitative estimate of drug-likeness (QED) is 0.0233. The minimum Gasteiger partial charge on any atom is -0.462 e. The van der Waals surface area contributed by atoms with E-state index in [9.17, 15) is 30.0 Å². The van der Waals surface area contributed by atoms with Gasteiger partial charge >= 0.3 is 11.9 Å². The molecule has 49 heavy (non-hydrogen) atoms. The fourth-order valence-corrected chi connectivity index (χ4v) is 5.13. The van der Waals surface area contributed by atoms with E-state index in [0.29, 0.717) is 12.8 Å². The number of rotatable bonds is 33. The van der Waals surface area contributed by atoms with E-state index in [1.165, 1.54) is 83.1 Å². The zero-order chi connectivity index (χ0) is 36.2. The summed E-state index contributed by atoms with van der Waals surface area (Å²) < 4.78 is 10.4. The largest absolute Gasteiger partial charge is 0.462 e. The summed E-state index contributed by atoms with van der Waals surface area (Å²) in [4.78, 5) is 24.3. The number of allylic oxidation sites excluding steroid dienone is 7. The van der Waals surface area contributed by atoms with Crippen molar-refractivity contribution < 1.29 is 39.5 Å². The zero-order valence-corrected chi connectivity index (χ0v) is 30.8. The summed E-state index contributed by atoms with van der Waals surface area (Å²) in [5, 5.41) is 39.6. The lowest BCUT2D eigenvalue weighted by Crippen LogP contribution is -2.28. The van der Waals surface area contributed by atoms with Gasteiger partial charge in [-0.1, -0.05) is 164 Å². The van der Waals surface area contributed by atoms with Gasteiger partial charge in [-0.2, -0.15) is 0 Å². The van der Waals surface area contributed by atoms with Crippen LogP contribution in [0.4, 0.5) is 0 Å². The molecule has 0 aromatic carbocycles. The predicted molar refractivity (Wildman–Crippen MR) is 200 cm³/mol. The molecule has 0 aliphatic rings. The molecule has 0 saturated heterocycles. The van der Waals surface area contributed by atoms with E-state index in [1.54, 1.807) is 42.5 Å². The fourth-order valence-electron chi connectivity index (χ4n) is 5.13. The van der Waals surface area contributed by atoms with Gasteiger partial charge < -0.3 is 29.9 Å². The van der Waals surface area contributed by atoms with E-state index in [4.69, 9.17) is 9.47 Å². The lowest BCUT2D eigenvalue weighted by molar-refractivity contribution is -0.161. The second-order valence-electron chi connectivity index (χ2n) is 12.8. The lowest BCUT2D eigenvalue weighted by Gasteiger charge is -2.16. The zero-order valence-electron chi connectivity index (χ0n) is 30.8. The molecule has 0 rings (SSSR count). The van der Waals surface area contributed by atoms with Crippen LogP contribution in [0, 0.1) is 0 Å². The topological polar surface area (TPSA) is 134 Å². The second-order valence-corrected chi connectivity index (χ2v) is 12.8. The van der Waals surface area contributed by atoms with Crippen molar-refractivity contribution in [1.82, 2.24) is 0 Å². The average Bonchev–Trinajstić information content (AvgIpc) is 3.09. The van der Waals surface area contributed by atoms with Crippen molar-refractivity contribution in [1.29, 1.82) is 0 Å². The Morgan fingerprint density at radius 3 is 1.67 bits per heavy atom. The number of aliphatic hydroxyl groups is 4. The molecule has 8 nitrogen and oxygen atoms in total. The third kappa shape index (κ3) is 32.4. The number of aliphatic hydroxyl groups excluding tert-OH is 4. The molecule has 0 saturated carbocycles. The van der Waals surface area contributed by atoms with Gasteiger partial charge in [0.2, 0.25) is 0 Å². The molecule has 0 spiro atoms. The third-order valence-corrected chi connectivity index (χ3v) is 8.17. The summed E-state index contributed by atoms with van der Waals surface area (Å²) in [7, 11) is 0. The van der Waals surface area contributed by atoms with Crippen LogP contribution in [-0.2, 0) is 19.1 Å². The Morgan fingerprint density at radius 1 is 0.612 bits per heavy atom. The maximum atomic E-state index is 12.2. The molecule has 4 atom stereocenters. The molecule has 0 aliphatic carbocycles.